The van der Waals surface area contributed by atoms with Crippen LogP contribution < -0.4 is 14.8 Å². The van der Waals surface area contributed by atoms with Crippen molar-refractivity contribution in [3.05, 3.63) is 76.4 Å². The number of para-hydroxylation sites is 1. The van der Waals surface area contributed by atoms with Gasteiger partial charge < -0.3 is 14.8 Å². The van der Waals surface area contributed by atoms with Crippen LogP contribution in [0, 0.1) is 10.1 Å². The number of carbonyl (C=O) groups is 1. The number of anilines is 1. The number of carbonyl (C=O) groups excluding carboxylic acids is 1. The average Bonchev–Trinajstić information content (AvgIpc) is 3.46. The van der Waals surface area contributed by atoms with Gasteiger partial charge in [-0.1, -0.05) is 36.9 Å². The van der Waals surface area contributed by atoms with Crippen molar-refractivity contribution in [2.24, 2.45) is 0 Å². The Hall–Kier alpha value is -3.39. The summed E-state index contributed by atoms with van der Waals surface area (Å²) in [6, 6.07) is 11.6. The van der Waals surface area contributed by atoms with Crippen molar-refractivity contribution in [1.29, 1.82) is 0 Å². The molecule has 0 unspecified atom stereocenters. The molecule has 33 heavy (non-hydrogen) atoms. The Balaban J connectivity index is 1.66. The van der Waals surface area contributed by atoms with Gasteiger partial charge in [-0.2, -0.15) is 0 Å². The zero-order valence-electron chi connectivity index (χ0n) is 18.5. The number of hydrogen-bond acceptors (Lipinski definition) is 6. The largest absolute Gasteiger partial charge is 0.490 e. The van der Waals surface area contributed by atoms with Gasteiger partial charge >= 0.3 is 0 Å². The van der Waals surface area contributed by atoms with Crippen molar-refractivity contribution in [3.63, 3.8) is 0 Å². The molecule has 0 bridgehead atoms. The van der Waals surface area contributed by atoms with Crippen molar-refractivity contribution < 1.29 is 19.2 Å². The number of ether oxygens (including phenoxy) is 2. The quantitative estimate of drug-likeness (QED) is 0.394. The van der Waals surface area contributed by atoms with Gasteiger partial charge in [0.1, 0.15) is 6.61 Å². The maximum absolute atomic E-state index is 13.5. The van der Waals surface area contributed by atoms with E-state index in [4.69, 9.17) is 9.47 Å². The number of hydrogen-bond donors (Lipinski definition) is 1. The summed E-state index contributed by atoms with van der Waals surface area (Å²) < 4.78 is 11.5. The number of rotatable bonds is 7. The van der Waals surface area contributed by atoms with E-state index in [1.54, 1.807) is 12.1 Å². The molecule has 1 amide bonds. The molecule has 0 radical (unpaired) electrons. The topological polar surface area (TPSA) is 93.9 Å². The van der Waals surface area contributed by atoms with Crippen LogP contribution in [0.4, 0.5) is 5.69 Å². The first-order valence-electron chi connectivity index (χ1n) is 11.4. The summed E-state index contributed by atoms with van der Waals surface area (Å²) in [5, 5.41) is 15.6. The van der Waals surface area contributed by atoms with E-state index in [1.807, 2.05) is 43.3 Å². The van der Waals surface area contributed by atoms with E-state index in [9.17, 15) is 14.9 Å². The molecule has 2 aromatic rings. The number of nitrogens with one attached hydrogen (secondary N) is 1. The van der Waals surface area contributed by atoms with Crippen molar-refractivity contribution in [3.8, 4) is 11.5 Å². The van der Waals surface area contributed by atoms with Crippen molar-refractivity contribution in [1.82, 2.24) is 4.90 Å². The maximum Gasteiger partial charge on any atom is 0.256 e. The van der Waals surface area contributed by atoms with E-state index >= 15 is 0 Å². The lowest BCUT2D eigenvalue weighted by Crippen LogP contribution is -2.55. The van der Waals surface area contributed by atoms with Gasteiger partial charge in [-0.15, -0.1) is 0 Å². The molecule has 5 rings (SSSR count). The molecule has 8 nitrogen and oxygen atoms in total. The minimum absolute atomic E-state index is 0.119. The van der Waals surface area contributed by atoms with Gasteiger partial charge in [-0.3, -0.25) is 19.8 Å². The zero-order valence-corrected chi connectivity index (χ0v) is 18.5. The third kappa shape index (κ3) is 3.04. The van der Waals surface area contributed by atoms with E-state index in [0.717, 1.165) is 18.4 Å². The predicted octanol–water partition coefficient (Wildman–Crippen LogP) is 3.70. The lowest BCUT2D eigenvalue weighted by molar-refractivity contribution is -0.534. The number of fused-ring (bicyclic) bond motifs is 4. The zero-order chi connectivity index (χ0) is 23.2. The van der Waals surface area contributed by atoms with Crippen LogP contribution in [0.5, 0.6) is 11.5 Å². The highest BCUT2D eigenvalue weighted by atomic mass is 16.6. The molecule has 3 heterocycles. The summed E-state index contributed by atoms with van der Waals surface area (Å²) in [6.45, 7) is 6.97. The molecule has 172 valence electrons. The van der Waals surface area contributed by atoms with Crippen LogP contribution in [0.1, 0.15) is 36.8 Å². The SMILES string of the molecule is C=CCOc1ccc([C@@H]2[C@@H]3CCCN3[C@]3(C(=O)Nc4ccccc43)[C@@H]2[N+](=O)[O-])cc1OCC. The Bertz CT molecular complexity index is 1120. The second-order valence-corrected chi connectivity index (χ2v) is 8.66. The van der Waals surface area contributed by atoms with Gasteiger partial charge in [0, 0.05) is 28.8 Å². The molecule has 1 spiro atoms. The first kappa shape index (κ1) is 21.5. The van der Waals surface area contributed by atoms with Gasteiger partial charge in [0.05, 0.1) is 12.5 Å². The van der Waals surface area contributed by atoms with Crippen molar-refractivity contribution in [2.75, 3.05) is 25.1 Å². The second kappa shape index (κ2) is 8.19. The smallest absolute Gasteiger partial charge is 0.256 e. The van der Waals surface area contributed by atoms with E-state index in [1.165, 1.54) is 0 Å². The van der Waals surface area contributed by atoms with Crippen LogP contribution in [-0.2, 0) is 10.3 Å². The number of amides is 1. The summed E-state index contributed by atoms with van der Waals surface area (Å²) in [5.41, 5.74) is 0.818. The first-order valence-corrected chi connectivity index (χ1v) is 11.4. The highest BCUT2D eigenvalue weighted by Crippen LogP contribution is 2.58. The van der Waals surface area contributed by atoms with Crippen LogP contribution >= 0.6 is 0 Å². The monoisotopic (exact) mass is 449 g/mol. The van der Waals surface area contributed by atoms with Crippen LogP contribution in [-0.4, -0.2) is 47.6 Å². The molecule has 2 fully saturated rings. The fourth-order valence-corrected chi connectivity index (χ4v) is 6.04. The third-order valence-corrected chi connectivity index (χ3v) is 7.10. The van der Waals surface area contributed by atoms with Crippen molar-refractivity contribution in [2.45, 2.75) is 43.3 Å². The minimum atomic E-state index is -1.32. The Morgan fingerprint density at radius 3 is 2.85 bits per heavy atom. The molecule has 3 aliphatic heterocycles. The minimum Gasteiger partial charge on any atom is -0.490 e. The van der Waals surface area contributed by atoms with Gasteiger partial charge in [0.2, 0.25) is 0 Å². The lowest BCUT2D eigenvalue weighted by atomic mass is 9.77. The number of benzene rings is 2. The van der Waals surface area contributed by atoms with Crippen LogP contribution in [0.3, 0.4) is 0 Å². The highest BCUT2D eigenvalue weighted by molar-refractivity contribution is 6.07. The third-order valence-electron chi connectivity index (χ3n) is 7.10. The van der Waals surface area contributed by atoms with Crippen molar-refractivity contribution >= 4 is 11.6 Å². The molecule has 2 aromatic carbocycles. The summed E-state index contributed by atoms with van der Waals surface area (Å²) in [4.78, 5) is 28.0. The van der Waals surface area contributed by atoms with Crippen LogP contribution in [0.2, 0.25) is 0 Å². The molecule has 0 aromatic heterocycles. The van der Waals surface area contributed by atoms with E-state index in [0.29, 0.717) is 42.5 Å². The fraction of sp³-hybridized carbons (Fsp3) is 0.400. The molecular formula is C25H27N3O5. The molecule has 8 heteroatoms. The average molecular weight is 450 g/mol. The number of nitrogens with zero attached hydrogens (tertiary/aromatic N) is 2. The standard InChI is InChI=1S/C25H27N3O5/c1-3-14-33-20-12-11-16(15-21(20)32-4-2)22-19-10-7-13-27(19)25(23(22)28(30)31)17-8-5-6-9-18(17)26-24(25)29/h3,5-6,8-9,11-12,15,19,22-23H,1,4,7,10,13-14H2,2H3,(H,26,29)/t19-,22+,23+,25-/m0/s1. The molecule has 2 saturated heterocycles. The summed E-state index contributed by atoms with van der Waals surface area (Å²) >= 11 is 0. The van der Waals surface area contributed by atoms with Crippen LogP contribution in [0.15, 0.2) is 55.1 Å². The Morgan fingerprint density at radius 1 is 1.27 bits per heavy atom. The van der Waals surface area contributed by atoms with E-state index < -0.39 is 17.5 Å². The van der Waals surface area contributed by atoms with E-state index in [2.05, 4.69) is 16.8 Å². The lowest BCUT2D eigenvalue weighted by Gasteiger charge is -2.32. The summed E-state index contributed by atoms with van der Waals surface area (Å²) in [5.74, 6) is 0.335. The molecular weight excluding hydrogens is 422 g/mol. The molecule has 4 atom stereocenters. The molecule has 3 aliphatic rings. The Morgan fingerprint density at radius 2 is 2.09 bits per heavy atom. The van der Waals surface area contributed by atoms with Crippen LogP contribution in [0.25, 0.3) is 0 Å². The van der Waals surface area contributed by atoms with E-state index in [-0.39, 0.29) is 16.9 Å². The van der Waals surface area contributed by atoms with Gasteiger partial charge in [-0.25, -0.2) is 0 Å². The maximum atomic E-state index is 13.5. The predicted molar refractivity (Wildman–Crippen MR) is 123 cm³/mol. The molecule has 0 aliphatic carbocycles. The molecule has 0 saturated carbocycles. The number of nitro groups is 1. The second-order valence-electron chi connectivity index (χ2n) is 8.66. The van der Waals surface area contributed by atoms with Gasteiger partial charge in [0.15, 0.2) is 17.0 Å². The van der Waals surface area contributed by atoms with Gasteiger partial charge in [0.25, 0.3) is 11.9 Å². The summed E-state index contributed by atoms with van der Waals surface area (Å²) in [6.07, 6.45) is 3.34. The first-order chi connectivity index (χ1) is 16.0. The normalized spacial score (nSPS) is 27.8. The Kier molecular flexibility index (Phi) is 5.32. The fourth-order valence-electron chi connectivity index (χ4n) is 6.04. The highest BCUT2D eigenvalue weighted by Gasteiger charge is 2.73. The molecule has 1 N–H and O–H groups in total. The summed E-state index contributed by atoms with van der Waals surface area (Å²) in [7, 11) is 0. The Labute approximate surface area is 192 Å². The van der Waals surface area contributed by atoms with Gasteiger partial charge in [-0.05, 0) is 43.5 Å².